The van der Waals surface area contributed by atoms with E-state index in [0.717, 1.165) is 15.1 Å². The van der Waals surface area contributed by atoms with Crippen molar-refractivity contribution in [3.63, 3.8) is 0 Å². The molecule has 2 aromatic heterocycles. The lowest BCUT2D eigenvalue weighted by Gasteiger charge is -2.12. The van der Waals surface area contributed by atoms with Crippen LogP contribution in [0.3, 0.4) is 0 Å². The molecule has 0 amide bonds. The highest BCUT2D eigenvalue weighted by atomic mass is 32.1. The first-order valence-corrected chi connectivity index (χ1v) is 7.51. The van der Waals surface area contributed by atoms with Crippen molar-refractivity contribution in [2.75, 3.05) is 0 Å². The molecule has 0 radical (unpaired) electrons. The molecule has 0 bridgehead atoms. The van der Waals surface area contributed by atoms with Crippen LogP contribution < -0.4 is 5.56 Å². The van der Waals surface area contributed by atoms with Crippen molar-refractivity contribution < 1.29 is 0 Å². The maximum atomic E-state index is 12.3. The Balaban J connectivity index is 2.17. The minimum absolute atomic E-state index is 0.0165. The van der Waals surface area contributed by atoms with Crippen molar-refractivity contribution >= 4 is 33.0 Å². The van der Waals surface area contributed by atoms with Crippen molar-refractivity contribution in [2.24, 2.45) is 0 Å². The average Bonchev–Trinajstić information content (AvgIpc) is 2.94. The highest BCUT2D eigenvalue weighted by Gasteiger charge is 2.21. The van der Waals surface area contributed by atoms with Gasteiger partial charge in [-0.3, -0.25) is 4.79 Å². The smallest absolute Gasteiger partial charge is 0.267 e. The molecule has 3 rings (SSSR count). The molecule has 0 aliphatic heterocycles. The van der Waals surface area contributed by atoms with E-state index in [1.807, 2.05) is 24.3 Å². The van der Waals surface area contributed by atoms with Gasteiger partial charge in [-0.15, -0.1) is 10.2 Å². The third-order valence-corrected chi connectivity index (χ3v) is 5.24. The number of benzene rings is 1. The Hall–Kier alpha value is -1.53. The van der Waals surface area contributed by atoms with Gasteiger partial charge in [0.05, 0.1) is 10.1 Å². The summed E-state index contributed by atoms with van der Waals surface area (Å²) in [6.07, 6.45) is 0. The molecule has 0 N–H and O–H groups in total. The molecule has 0 saturated heterocycles. The Kier molecular flexibility index (Phi) is 2.79. The molecular formula is C13H13N3OS2. The zero-order valence-corrected chi connectivity index (χ0v) is 12.5. The lowest BCUT2D eigenvalue weighted by Crippen LogP contribution is -2.10. The van der Waals surface area contributed by atoms with Gasteiger partial charge in [0.15, 0.2) is 0 Å². The van der Waals surface area contributed by atoms with E-state index in [0.29, 0.717) is 5.13 Å². The van der Waals surface area contributed by atoms with E-state index in [4.69, 9.17) is 0 Å². The first kappa shape index (κ1) is 12.5. The molecule has 2 heterocycles. The van der Waals surface area contributed by atoms with Gasteiger partial charge in [0.2, 0.25) is 5.13 Å². The third-order valence-electron chi connectivity index (χ3n) is 2.72. The van der Waals surface area contributed by atoms with Gasteiger partial charge in [0.25, 0.3) is 5.56 Å². The maximum Gasteiger partial charge on any atom is 0.275 e. The minimum Gasteiger partial charge on any atom is -0.267 e. The molecule has 0 atom stereocenters. The molecule has 19 heavy (non-hydrogen) atoms. The van der Waals surface area contributed by atoms with Gasteiger partial charge in [-0.1, -0.05) is 44.2 Å². The van der Waals surface area contributed by atoms with Gasteiger partial charge in [-0.05, 0) is 23.7 Å². The molecule has 6 heteroatoms. The SMILES string of the molecule is CC(C)(C)c1nnc(-n2sc3ccccc3c2=O)s1. The van der Waals surface area contributed by atoms with E-state index in [-0.39, 0.29) is 11.0 Å². The fraction of sp³-hybridized carbons (Fsp3) is 0.308. The van der Waals surface area contributed by atoms with Crippen molar-refractivity contribution in [3.05, 3.63) is 39.6 Å². The fourth-order valence-corrected chi connectivity index (χ4v) is 3.62. The topological polar surface area (TPSA) is 47.8 Å². The second kappa shape index (κ2) is 4.25. The third kappa shape index (κ3) is 2.11. The van der Waals surface area contributed by atoms with Gasteiger partial charge in [0.1, 0.15) is 5.01 Å². The zero-order chi connectivity index (χ0) is 13.6. The Labute approximate surface area is 118 Å². The van der Waals surface area contributed by atoms with Crippen LogP contribution in [0.1, 0.15) is 25.8 Å². The normalized spacial score (nSPS) is 12.2. The first-order valence-electron chi connectivity index (χ1n) is 5.92. The summed E-state index contributed by atoms with van der Waals surface area (Å²) in [4.78, 5) is 12.3. The van der Waals surface area contributed by atoms with Crippen LogP contribution in [0.2, 0.25) is 0 Å². The molecule has 0 unspecified atom stereocenters. The molecule has 1 aromatic carbocycles. The van der Waals surface area contributed by atoms with E-state index in [2.05, 4.69) is 31.0 Å². The van der Waals surface area contributed by atoms with Crippen LogP contribution in [-0.2, 0) is 5.41 Å². The summed E-state index contributed by atoms with van der Waals surface area (Å²) in [5.41, 5.74) is -0.0619. The van der Waals surface area contributed by atoms with Gasteiger partial charge >= 0.3 is 0 Å². The number of hydrogen-bond donors (Lipinski definition) is 0. The predicted molar refractivity (Wildman–Crippen MR) is 79.6 cm³/mol. The van der Waals surface area contributed by atoms with Crippen LogP contribution >= 0.6 is 22.9 Å². The number of rotatable bonds is 1. The highest BCUT2D eigenvalue weighted by molar-refractivity contribution is 7.18. The lowest BCUT2D eigenvalue weighted by molar-refractivity contribution is 0.578. The van der Waals surface area contributed by atoms with Gasteiger partial charge in [-0.2, -0.15) is 0 Å². The number of aromatic nitrogens is 3. The van der Waals surface area contributed by atoms with Crippen molar-refractivity contribution in [2.45, 2.75) is 26.2 Å². The highest BCUT2D eigenvalue weighted by Crippen LogP contribution is 2.28. The van der Waals surface area contributed by atoms with Crippen LogP contribution in [0.5, 0.6) is 0 Å². The second-order valence-electron chi connectivity index (χ2n) is 5.33. The Bertz CT molecular complexity index is 792. The molecule has 0 fully saturated rings. The van der Waals surface area contributed by atoms with E-state index in [1.165, 1.54) is 22.9 Å². The van der Waals surface area contributed by atoms with Crippen LogP contribution in [0.25, 0.3) is 15.2 Å². The van der Waals surface area contributed by atoms with Crippen molar-refractivity contribution in [1.82, 2.24) is 14.2 Å². The van der Waals surface area contributed by atoms with Gasteiger partial charge < -0.3 is 0 Å². The summed E-state index contributed by atoms with van der Waals surface area (Å²) < 4.78 is 2.59. The number of hydrogen-bond acceptors (Lipinski definition) is 5. The van der Waals surface area contributed by atoms with E-state index < -0.39 is 0 Å². The standard InChI is InChI=1S/C13H13N3OS2/c1-13(2,3)11-14-15-12(18-11)16-10(17)8-6-4-5-7-9(8)19-16/h4-7H,1-3H3. The van der Waals surface area contributed by atoms with Crippen LogP contribution in [0.15, 0.2) is 29.1 Å². The quantitative estimate of drug-likeness (QED) is 0.691. The summed E-state index contributed by atoms with van der Waals surface area (Å²) in [5.74, 6) is 0. The first-order chi connectivity index (χ1) is 8.97. The van der Waals surface area contributed by atoms with Crippen molar-refractivity contribution in [3.8, 4) is 5.13 Å². The van der Waals surface area contributed by atoms with Crippen LogP contribution in [0.4, 0.5) is 0 Å². The van der Waals surface area contributed by atoms with Crippen LogP contribution in [-0.4, -0.2) is 14.2 Å². The summed E-state index contributed by atoms with van der Waals surface area (Å²) in [7, 11) is 0. The second-order valence-corrected chi connectivity index (χ2v) is 7.27. The van der Waals surface area contributed by atoms with Gasteiger partial charge in [0, 0.05) is 5.41 Å². The van der Waals surface area contributed by atoms with E-state index >= 15 is 0 Å². The minimum atomic E-state index is -0.0454. The molecule has 98 valence electrons. The maximum absolute atomic E-state index is 12.3. The molecule has 0 aliphatic carbocycles. The number of nitrogens with zero attached hydrogens (tertiary/aromatic N) is 3. The zero-order valence-electron chi connectivity index (χ0n) is 10.9. The molecule has 0 saturated carbocycles. The van der Waals surface area contributed by atoms with E-state index in [9.17, 15) is 4.79 Å². The lowest BCUT2D eigenvalue weighted by atomic mass is 9.98. The molecule has 3 aromatic rings. The molecule has 0 aliphatic rings. The summed E-state index contributed by atoms with van der Waals surface area (Å²) in [6.45, 7) is 6.26. The monoisotopic (exact) mass is 291 g/mol. The predicted octanol–water partition coefficient (Wildman–Crippen LogP) is 3.20. The average molecular weight is 291 g/mol. The fourth-order valence-electron chi connectivity index (χ4n) is 1.70. The Morgan fingerprint density at radius 3 is 2.53 bits per heavy atom. The molecule has 4 nitrogen and oxygen atoms in total. The van der Waals surface area contributed by atoms with Crippen molar-refractivity contribution in [1.29, 1.82) is 0 Å². The number of fused-ring (bicyclic) bond motifs is 1. The Morgan fingerprint density at radius 1 is 1.16 bits per heavy atom. The summed E-state index contributed by atoms with van der Waals surface area (Å²) in [6, 6.07) is 7.60. The molecular weight excluding hydrogens is 278 g/mol. The van der Waals surface area contributed by atoms with Gasteiger partial charge in [-0.25, -0.2) is 3.96 Å². The summed E-state index contributed by atoms with van der Waals surface area (Å²) >= 11 is 2.89. The largest absolute Gasteiger partial charge is 0.275 e. The van der Waals surface area contributed by atoms with E-state index in [1.54, 1.807) is 3.96 Å². The summed E-state index contributed by atoms with van der Waals surface area (Å²) in [5, 5.41) is 10.7. The molecule has 0 spiro atoms. The van der Waals surface area contributed by atoms with Crippen LogP contribution in [0, 0.1) is 0 Å². The Morgan fingerprint density at radius 2 is 1.89 bits per heavy atom.